The summed E-state index contributed by atoms with van der Waals surface area (Å²) in [5.74, 6) is -0.770. The zero-order valence-electron chi connectivity index (χ0n) is 10.6. The van der Waals surface area contributed by atoms with Crippen LogP contribution in [0.15, 0.2) is 29.6 Å². The van der Waals surface area contributed by atoms with Gasteiger partial charge in [0.05, 0.1) is 11.5 Å². The van der Waals surface area contributed by atoms with Gasteiger partial charge in [-0.1, -0.05) is 0 Å². The third kappa shape index (κ3) is 2.94. The van der Waals surface area contributed by atoms with E-state index < -0.39 is 10.8 Å². The number of thiophene rings is 1. The second kappa shape index (κ2) is 5.70. The van der Waals surface area contributed by atoms with Gasteiger partial charge in [0.25, 0.3) is 11.6 Å². The van der Waals surface area contributed by atoms with Crippen LogP contribution in [0.3, 0.4) is 0 Å². The first kappa shape index (κ1) is 14.0. The van der Waals surface area contributed by atoms with E-state index >= 15 is 0 Å². The second-order valence-electron chi connectivity index (χ2n) is 4.17. The van der Waals surface area contributed by atoms with Crippen molar-refractivity contribution < 1.29 is 14.8 Å². The molecule has 2 N–H and O–H groups in total. The highest BCUT2D eigenvalue weighted by molar-refractivity contribution is 7.10. The van der Waals surface area contributed by atoms with Gasteiger partial charge in [0.2, 0.25) is 0 Å². The maximum Gasteiger partial charge on any atom is 0.282 e. The Morgan fingerprint density at radius 2 is 2.20 bits per heavy atom. The van der Waals surface area contributed by atoms with E-state index in [1.54, 1.807) is 0 Å². The third-order valence-electron chi connectivity index (χ3n) is 2.80. The van der Waals surface area contributed by atoms with Crippen LogP contribution in [0.4, 0.5) is 5.69 Å². The molecule has 0 aliphatic rings. The molecule has 0 saturated carbocycles. The SMILES string of the molecule is Cc1ccsc1CNC(=O)c1cc(O)ccc1[N+](=O)[O-]. The molecule has 1 amide bonds. The smallest absolute Gasteiger partial charge is 0.282 e. The van der Waals surface area contributed by atoms with Gasteiger partial charge in [-0.3, -0.25) is 14.9 Å². The lowest BCUT2D eigenvalue weighted by Gasteiger charge is -2.06. The fourth-order valence-corrected chi connectivity index (χ4v) is 2.55. The molecule has 104 valence electrons. The predicted octanol–water partition coefficient (Wildman–Crippen LogP) is 2.60. The van der Waals surface area contributed by atoms with Crippen LogP contribution in [0.25, 0.3) is 0 Å². The van der Waals surface area contributed by atoms with Crippen LogP contribution < -0.4 is 5.32 Å². The Morgan fingerprint density at radius 1 is 1.45 bits per heavy atom. The Balaban J connectivity index is 2.19. The van der Waals surface area contributed by atoms with Gasteiger partial charge in [0, 0.05) is 10.9 Å². The van der Waals surface area contributed by atoms with Crippen LogP contribution in [0.1, 0.15) is 20.8 Å². The molecule has 0 atom stereocenters. The second-order valence-corrected chi connectivity index (χ2v) is 5.17. The Labute approximate surface area is 118 Å². The average molecular weight is 292 g/mol. The highest BCUT2D eigenvalue weighted by Gasteiger charge is 2.20. The number of hydrogen-bond acceptors (Lipinski definition) is 5. The number of nitrogens with zero attached hydrogens (tertiary/aromatic N) is 1. The number of nitro benzene ring substituents is 1. The molecule has 2 rings (SSSR count). The first-order valence-electron chi connectivity index (χ1n) is 5.77. The van der Waals surface area contributed by atoms with E-state index in [1.807, 2.05) is 18.4 Å². The minimum atomic E-state index is -0.648. The molecule has 0 saturated heterocycles. The zero-order chi connectivity index (χ0) is 14.7. The monoisotopic (exact) mass is 292 g/mol. The van der Waals surface area contributed by atoms with Gasteiger partial charge in [-0.2, -0.15) is 0 Å². The standard InChI is InChI=1S/C13H12N2O4S/c1-8-4-5-20-12(8)7-14-13(17)10-6-9(16)2-3-11(10)15(18)19/h2-6,16H,7H2,1H3,(H,14,17). The topological polar surface area (TPSA) is 92.5 Å². The predicted molar refractivity (Wildman–Crippen MR) is 75.0 cm³/mol. The summed E-state index contributed by atoms with van der Waals surface area (Å²) in [7, 11) is 0. The van der Waals surface area contributed by atoms with E-state index in [4.69, 9.17) is 0 Å². The minimum absolute atomic E-state index is 0.149. The Kier molecular flexibility index (Phi) is 3.99. The number of hydrogen-bond donors (Lipinski definition) is 2. The lowest BCUT2D eigenvalue weighted by molar-refractivity contribution is -0.385. The number of benzene rings is 1. The quantitative estimate of drug-likeness (QED) is 0.669. The van der Waals surface area contributed by atoms with Crippen molar-refractivity contribution in [1.82, 2.24) is 5.32 Å². The molecule has 20 heavy (non-hydrogen) atoms. The normalized spacial score (nSPS) is 10.2. The molecule has 2 aromatic rings. The molecule has 1 aromatic heterocycles. The van der Waals surface area contributed by atoms with Crippen LogP contribution in [-0.2, 0) is 6.54 Å². The van der Waals surface area contributed by atoms with E-state index in [-0.39, 0.29) is 17.0 Å². The van der Waals surface area contributed by atoms with Gasteiger partial charge in [-0.15, -0.1) is 11.3 Å². The molecule has 0 aliphatic carbocycles. The van der Waals surface area contributed by atoms with Crippen molar-refractivity contribution in [1.29, 1.82) is 0 Å². The summed E-state index contributed by atoms with van der Waals surface area (Å²) in [6.45, 7) is 2.23. The van der Waals surface area contributed by atoms with Crippen LogP contribution in [0, 0.1) is 17.0 Å². The number of rotatable bonds is 4. The fraction of sp³-hybridized carbons (Fsp3) is 0.154. The molecule has 0 spiro atoms. The molecule has 1 aromatic carbocycles. The molecule has 0 bridgehead atoms. The number of aryl methyl sites for hydroxylation is 1. The molecule has 0 fully saturated rings. The summed E-state index contributed by atoms with van der Waals surface area (Å²) in [4.78, 5) is 23.2. The van der Waals surface area contributed by atoms with Crippen molar-refractivity contribution >= 4 is 22.9 Å². The maximum absolute atomic E-state index is 12.0. The molecule has 0 unspecified atom stereocenters. The third-order valence-corrected chi connectivity index (χ3v) is 3.82. The largest absolute Gasteiger partial charge is 0.508 e. The van der Waals surface area contributed by atoms with Crippen molar-refractivity contribution in [3.8, 4) is 5.75 Å². The van der Waals surface area contributed by atoms with E-state index in [0.717, 1.165) is 22.6 Å². The zero-order valence-corrected chi connectivity index (χ0v) is 11.4. The number of phenolic OH excluding ortho intramolecular Hbond substituents is 1. The first-order chi connectivity index (χ1) is 9.49. The van der Waals surface area contributed by atoms with Crippen molar-refractivity contribution in [2.45, 2.75) is 13.5 Å². The lowest BCUT2D eigenvalue weighted by Crippen LogP contribution is -2.23. The van der Waals surface area contributed by atoms with Gasteiger partial charge >= 0.3 is 0 Å². The van der Waals surface area contributed by atoms with Crippen molar-refractivity contribution in [2.24, 2.45) is 0 Å². The number of carbonyl (C=O) groups is 1. The molecule has 0 radical (unpaired) electrons. The molecule has 1 heterocycles. The minimum Gasteiger partial charge on any atom is -0.508 e. The van der Waals surface area contributed by atoms with Crippen molar-refractivity contribution in [3.05, 3.63) is 55.8 Å². The van der Waals surface area contributed by atoms with Crippen LogP contribution >= 0.6 is 11.3 Å². The summed E-state index contributed by atoms with van der Waals surface area (Å²) in [5, 5.41) is 24.8. The summed E-state index contributed by atoms with van der Waals surface area (Å²) >= 11 is 1.50. The van der Waals surface area contributed by atoms with E-state index in [1.165, 1.54) is 17.4 Å². The summed E-state index contributed by atoms with van der Waals surface area (Å²) in [6, 6.07) is 5.32. The number of amides is 1. The molecule has 6 nitrogen and oxygen atoms in total. The lowest BCUT2D eigenvalue weighted by atomic mass is 10.1. The van der Waals surface area contributed by atoms with Gasteiger partial charge in [-0.05, 0) is 36.1 Å². The van der Waals surface area contributed by atoms with Gasteiger partial charge in [0.15, 0.2) is 0 Å². The highest BCUT2D eigenvalue weighted by atomic mass is 32.1. The van der Waals surface area contributed by atoms with Gasteiger partial charge in [-0.25, -0.2) is 0 Å². The number of nitrogens with one attached hydrogen (secondary N) is 1. The molecular formula is C13H12N2O4S. The molecule has 7 heteroatoms. The van der Waals surface area contributed by atoms with E-state index in [9.17, 15) is 20.0 Å². The maximum atomic E-state index is 12.0. The number of nitro groups is 1. The fourth-order valence-electron chi connectivity index (χ4n) is 1.71. The summed E-state index contributed by atoms with van der Waals surface area (Å²) in [5.41, 5.74) is 0.577. The van der Waals surface area contributed by atoms with Gasteiger partial charge in [0.1, 0.15) is 11.3 Å². The average Bonchev–Trinajstić information content (AvgIpc) is 2.81. The Hall–Kier alpha value is -2.41. The number of aromatic hydroxyl groups is 1. The van der Waals surface area contributed by atoms with E-state index in [0.29, 0.717) is 6.54 Å². The van der Waals surface area contributed by atoms with Crippen LogP contribution in [0.2, 0.25) is 0 Å². The van der Waals surface area contributed by atoms with Gasteiger partial charge < -0.3 is 10.4 Å². The summed E-state index contributed by atoms with van der Waals surface area (Å²) in [6.07, 6.45) is 0. The Bertz CT molecular complexity index is 666. The first-order valence-corrected chi connectivity index (χ1v) is 6.65. The molecular weight excluding hydrogens is 280 g/mol. The van der Waals surface area contributed by atoms with Crippen molar-refractivity contribution in [3.63, 3.8) is 0 Å². The molecule has 0 aliphatic heterocycles. The van der Waals surface area contributed by atoms with E-state index in [2.05, 4.69) is 5.32 Å². The number of carbonyl (C=O) groups excluding carboxylic acids is 1. The number of phenols is 1. The summed E-state index contributed by atoms with van der Waals surface area (Å²) < 4.78 is 0. The van der Waals surface area contributed by atoms with Crippen LogP contribution in [0.5, 0.6) is 5.75 Å². The highest BCUT2D eigenvalue weighted by Crippen LogP contribution is 2.23. The van der Waals surface area contributed by atoms with Crippen molar-refractivity contribution in [2.75, 3.05) is 0 Å². The Morgan fingerprint density at radius 3 is 2.80 bits per heavy atom. The van der Waals surface area contributed by atoms with Crippen LogP contribution in [-0.4, -0.2) is 15.9 Å².